The molecular formula is C11H14BrN3O4. The number of nitrogens with zero attached hydrogens (tertiary/aromatic N) is 2. The molecule has 0 amide bonds. The van der Waals surface area contributed by atoms with Crippen molar-refractivity contribution >= 4 is 27.4 Å². The fraction of sp³-hybridized carbons (Fsp3) is 0.545. The third kappa shape index (κ3) is 3.02. The lowest BCUT2D eigenvalue weighted by Crippen LogP contribution is -2.43. The van der Waals surface area contributed by atoms with Gasteiger partial charge in [-0.25, -0.2) is 4.98 Å². The number of ether oxygens (including phenoxy) is 1. The van der Waals surface area contributed by atoms with Gasteiger partial charge in [-0.15, -0.1) is 0 Å². The maximum absolute atomic E-state index is 10.9. The SMILES string of the molecule is CC1OCCC1(O)CNc1ncc(Br)cc1[N+](=O)[O-]. The topological polar surface area (TPSA) is 97.5 Å². The zero-order chi connectivity index (χ0) is 14.0. The van der Waals surface area contributed by atoms with Crippen LogP contribution < -0.4 is 5.32 Å². The standard InChI is InChI=1S/C11H14BrN3O4/c1-7-11(16,2-3-19-7)6-14-10-9(15(17)18)4-8(12)5-13-10/h4-5,7,16H,2-3,6H2,1H3,(H,13,14). The lowest BCUT2D eigenvalue weighted by atomic mass is 9.97. The van der Waals surface area contributed by atoms with Gasteiger partial charge in [-0.3, -0.25) is 10.1 Å². The summed E-state index contributed by atoms with van der Waals surface area (Å²) in [5, 5.41) is 24.1. The van der Waals surface area contributed by atoms with Crippen molar-refractivity contribution in [3.05, 3.63) is 26.9 Å². The fourth-order valence-electron chi connectivity index (χ4n) is 1.94. The Labute approximate surface area is 118 Å². The van der Waals surface area contributed by atoms with E-state index in [4.69, 9.17) is 4.74 Å². The van der Waals surface area contributed by atoms with Crippen molar-refractivity contribution in [2.24, 2.45) is 0 Å². The van der Waals surface area contributed by atoms with E-state index in [1.807, 2.05) is 0 Å². The highest BCUT2D eigenvalue weighted by Crippen LogP contribution is 2.29. The molecule has 0 radical (unpaired) electrons. The fourth-order valence-corrected chi connectivity index (χ4v) is 2.26. The van der Waals surface area contributed by atoms with Gasteiger partial charge < -0.3 is 15.2 Å². The lowest BCUT2D eigenvalue weighted by Gasteiger charge is -2.26. The molecule has 1 aliphatic heterocycles. The molecule has 1 saturated heterocycles. The molecule has 1 aliphatic rings. The predicted molar refractivity (Wildman–Crippen MR) is 72.1 cm³/mol. The van der Waals surface area contributed by atoms with E-state index in [9.17, 15) is 15.2 Å². The lowest BCUT2D eigenvalue weighted by molar-refractivity contribution is -0.384. The first-order chi connectivity index (χ1) is 8.92. The summed E-state index contributed by atoms with van der Waals surface area (Å²) in [5.41, 5.74) is -1.16. The number of pyridine rings is 1. The Bertz CT molecular complexity index is 499. The number of anilines is 1. The molecule has 0 spiro atoms. The van der Waals surface area contributed by atoms with Crippen LogP contribution in [-0.4, -0.2) is 39.9 Å². The quantitative estimate of drug-likeness (QED) is 0.643. The van der Waals surface area contributed by atoms with Crippen molar-refractivity contribution in [2.45, 2.75) is 25.0 Å². The zero-order valence-corrected chi connectivity index (χ0v) is 11.9. The third-order valence-electron chi connectivity index (χ3n) is 3.25. The molecule has 2 unspecified atom stereocenters. The summed E-state index contributed by atoms with van der Waals surface area (Å²) in [7, 11) is 0. The first kappa shape index (κ1) is 14.2. The van der Waals surface area contributed by atoms with Crippen LogP contribution >= 0.6 is 15.9 Å². The van der Waals surface area contributed by atoms with Crippen molar-refractivity contribution in [3.63, 3.8) is 0 Å². The van der Waals surface area contributed by atoms with Crippen molar-refractivity contribution in [1.82, 2.24) is 4.98 Å². The molecule has 1 fully saturated rings. The molecule has 19 heavy (non-hydrogen) atoms. The summed E-state index contributed by atoms with van der Waals surface area (Å²) < 4.78 is 5.83. The van der Waals surface area contributed by atoms with Gasteiger partial charge in [0.1, 0.15) is 5.60 Å². The van der Waals surface area contributed by atoms with Crippen molar-refractivity contribution in [3.8, 4) is 0 Å². The van der Waals surface area contributed by atoms with Crippen LogP contribution in [0.3, 0.4) is 0 Å². The normalized spacial score (nSPS) is 26.4. The smallest absolute Gasteiger partial charge is 0.312 e. The van der Waals surface area contributed by atoms with Crippen molar-refractivity contribution < 1.29 is 14.8 Å². The summed E-state index contributed by atoms with van der Waals surface area (Å²) in [6.45, 7) is 2.41. The highest BCUT2D eigenvalue weighted by molar-refractivity contribution is 9.10. The highest BCUT2D eigenvalue weighted by Gasteiger charge is 2.39. The van der Waals surface area contributed by atoms with Crippen LogP contribution in [0.4, 0.5) is 11.5 Å². The van der Waals surface area contributed by atoms with Gasteiger partial charge in [0.05, 0.1) is 11.0 Å². The third-order valence-corrected chi connectivity index (χ3v) is 3.69. The molecule has 2 atom stereocenters. The molecule has 0 bridgehead atoms. The number of nitrogens with one attached hydrogen (secondary N) is 1. The van der Waals surface area contributed by atoms with Crippen LogP contribution in [0.25, 0.3) is 0 Å². The minimum absolute atomic E-state index is 0.135. The van der Waals surface area contributed by atoms with E-state index < -0.39 is 10.5 Å². The van der Waals surface area contributed by atoms with Gasteiger partial charge in [-0.2, -0.15) is 0 Å². The van der Waals surface area contributed by atoms with Crippen molar-refractivity contribution in [1.29, 1.82) is 0 Å². The van der Waals surface area contributed by atoms with E-state index in [1.165, 1.54) is 12.3 Å². The Morgan fingerprint density at radius 2 is 2.53 bits per heavy atom. The van der Waals surface area contributed by atoms with E-state index in [0.717, 1.165) is 0 Å². The van der Waals surface area contributed by atoms with Crippen LogP contribution in [0.5, 0.6) is 0 Å². The number of hydrogen-bond donors (Lipinski definition) is 2. The van der Waals surface area contributed by atoms with Gasteiger partial charge in [-0.1, -0.05) is 0 Å². The molecular weight excluding hydrogens is 318 g/mol. The minimum atomic E-state index is -1.03. The van der Waals surface area contributed by atoms with Crippen LogP contribution in [0.2, 0.25) is 0 Å². The second kappa shape index (κ2) is 5.40. The van der Waals surface area contributed by atoms with Gasteiger partial charge in [-0.05, 0) is 22.9 Å². The first-order valence-corrected chi connectivity index (χ1v) is 6.59. The van der Waals surface area contributed by atoms with Crippen molar-refractivity contribution in [2.75, 3.05) is 18.5 Å². The molecule has 0 saturated carbocycles. The van der Waals surface area contributed by atoms with Gasteiger partial charge in [0.15, 0.2) is 0 Å². The summed E-state index contributed by atoms with van der Waals surface area (Å²) in [6, 6.07) is 1.37. The summed E-state index contributed by atoms with van der Waals surface area (Å²) in [5.74, 6) is 0.140. The van der Waals surface area contributed by atoms with E-state index in [1.54, 1.807) is 6.92 Å². The monoisotopic (exact) mass is 331 g/mol. The molecule has 2 N–H and O–H groups in total. The van der Waals surface area contributed by atoms with Crippen LogP contribution in [0.15, 0.2) is 16.7 Å². The summed E-state index contributed by atoms with van der Waals surface area (Å²) >= 11 is 3.14. The molecule has 2 rings (SSSR count). The Balaban J connectivity index is 2.13. The second-order valence-electron chi connectivity index (χ2n) is 4.50. The number of aliphatic hydroxyl groups is 1. The maximum Gasteiger partial charge on any atom is 0.312 e. The molecule has 104 valence electrons. The zero-order valence-electron chi connectivity index (χ0n) is 10.3. The number of halogens is 1. The molecule has 2 heterocycles. The Kier molecular flexibility index (Phi) is 4.02. The Morgan fingerprint density at radius 1 is 1.79 bits per heavy atom. The van der Waals surface area contributed by atoms with Gasteiger partial charge in [0, 0.05) is 36.3 Å². The average Bonchev–Trinajstić information content (AvgIpc) is 2.68. The summed E-state index contributed by atoms with van der Waals surface area (Å²) in [6.07, 6.45) is 1.65. The number of aromatic nitrogens is 1. The van der Waals surface area contributed by atoms with Gasteiger partial charge in [0.25, 0.3) is 0 Å². The average molecular weight is 332 g/mol. The van der Waals surface area contributed by atoms with E-state index in [-0.39, 0.29) is 24.2 Å². The molecule has 0 aliphatic carbocycles. The van der Waals surface area contributed by atoms with Crippen LogP contribution in [-0.2, 0) is 4.74 Å². The summed E-state index contributed by atoms with van der Waals surface area (Å²) in [4.78, 5) is 14.4. The Hall–Kier alpha value is -1.25. The van der Waals surface area contributed by atoms with Gasteiger partial charge in [0.2, 0.25) is 5.82 Å². The Morgan fingerprint density at radius 3 is 3.11 bits per heavy atom. The number of hydrogen-bond acceptors (Lipinski definition) is 6. The maximum atomic E-state index is 10.9. The van der Waals surface area contributed by atoms with E-state index >= 15 is 0 Å². The molecule has 7 nitrogen and oxygen atoms in total. The van der Waals surface area contributed by atoms with E-state index in [2.05, 4.69) is 26.2 Å². The molecule has 1 aromatic heterocycles. The minimum Gasteiger partial charge on any atom is -0.385 e. The molecule has 0 aromatic carbocycles. The molecule has 8 heteroatoms. The second-order valence-corrected chi connectivity index (χ2v) is 5.41. The van der Waals surface area contributed by atoms with E-state index in [0.29, 0.717) is 17.5 Å². The van der Waals surface area contributed by atoms with Crippen LogP contribution in [0, 0.1) is 10.1 Å². The number of rotatable bonds is 4. The van der Waals surface area contributed by atoms with Crippen LogP contribution in [0.1, 0.15) is 13.3 Å². The number of nitro groups is 1. The predicted octanol–water partition coefficient (Wildman–Crippen LogP) is 1.70. The molecule has 1 aromatic rings. The largest absolute Gasteiger partial charge is 0.385 e. The van der Waals surface area contributed by atoms with Gasteiger partial charge >= 0.3 is 5.69 Å². The first-order valence-electron chi connectivity index (χ1n) is 5.80. The highest BCUT2D eigenvalue weighted by atomic mass is 79.9.